The second-order valence-electron chi connectivity index (χ2n) is 4.67. The Kier molecular flexibility index (Phi) is 4.95. The van der Waals surface area contributed by atoms with Gasteiger partial charge in [-0.1, -0.05) is 18.2 Å². The van der Waals surface area contributed by atoms with Crippen molar-refractivity contribution < 1.29 is 14.6 Å². The van der Waals surface area contributed by atoms with Crippen LogP contribution >= 0.6 is 0 Å². The van der Waals surface area contributed by atoms with Crippen molar-refractivity contribution in [2.45, 2.75) is 20.0 Å². The average molecular weight is 285 g/mol. The molecule has 4 heteroatoms. The molecule has 4 nitrogen and oxygen atoms in total. The third-order valence-electron chi connectivity index (χ3n) is 3.09. The maximum absolute atomic E-state index is 12.2. The van der Waals surface area contributed by atoms with Crippen LogP contribution in [0.25, 0.3) is 0 Å². The van der Waals surface area contributed by atoms with Crippen molar-refractivity contribution in [3.63, 3.8) is 0 Å². The first kappa shape index (κ1) is 15.1. The minimum Gasteiger partial charge on any atom is -0.494 e. The van der Waals surface area contributed by atoms with Gasteiger partial charge in [-0.15, -0.1) is 0 Å². The number of rotatable bonds is 5. The fourth-order valence-corrected chi connectivity index (χ4v) is 2.04. The quantitative estimate of drug-likeness (QED) is 0.885. The Morgan fingerprint density at radius 2 is 1.86 bits per heavy atom. The van der Waals surface area contributed by atoms with E-state index in [0.29, 0.717) is 23.4 Å². The van der Waals surface area contributed by atoms with Gasteiger partial charge in [-0.3, -0.25) is 4.79 Å². The van der Waals surface area contributed by atoms with Crippen molar-refractivity contribution in [3.8, 4) is 5.75 Å². The van der Waals surface area contributed by atoms with E-state index in [1.54, 1.807) is 43.3 Å². The first-order valence-electron chi connectivity index (χ1n) is 6.93. The maximum atomic E-state index is 12.2. The van der Waals surface area contributed by atoms with E-state index in [9.17, 15) is 9.90 Å². The summed E-state index contributed by atoms with van der Waals surface area (Å²) in [5, 5.41) is 12.5. The van der Waals surface area contributed by atoms with Gasteiger partial charge in [0.25, 0.3) is 5.91 Å². The van der Waals surface area contributed by atoms with E-state index in [1.807, 2.05) is 19.1 Å². The van der Waals surface area contributed by atoms with Gasteiger partial charge in [-0.2, -0.15) is 0 Å². The summed E-state index contributed by atoms with van der Waals surface area (Å²) >= 11 is 0. The van der Waals surface area contributed by atoms with Crippen molar-refractivity contribution in [1.82, 2.24) is 0 Å². The first-order valence-corrected chi connectivity index (χ1v) is 6.93. The van der Waals surface area contributed by atoms with Crippen LogP contribution in [0.5, 0.6) is 5.75 Å². The SMILES string of the molecule is CCOc1ccc(C(=O)Nc2ccccc2C(C)O)cc1. The van der Waals surface area contributed by atoms with Gasteiger partial charge >= 0.3 is 0 Å². The highest BCUT2D eigenvalue weighted by Crippen LogP contribution is 2.23. The molecule has 1 atom stereocenters. The molecule has 1 unspecified atom stereocenters. The number of anilines is 1. The number of nitrogens with one attached hydrogen (secondary N) is 1. The lowest BCUT2D eigenvalue weighted by atomic mass is 10.1. The monoisotopic (exact) mass is 285 g/mol. The summed E-state index contributed by atoms with van der Waals surface area (Å²) in [6.45, 7) is 4.17. The van der Waals surface area contributed by atoms with Crippen LogP contribution in [-0.2, 0) is 0 Å². The van der Waals surface area contributed by atoms with E-state index in [1.165, 1.54) is 0 Å². The van der Waals surface area contributed by atoms with E-state index in [2.05, 4.69) is 5.32 Å². The van der Waals surface area contributed by atoms with Gasteiger partial charge < -0.3 is 15.2 Å². The van der Waals surface area contributed by atoms with Crippen molar-refractivity contribution >= 4 is 11.6 Å². The predicted octanol–water partition coefficient (Wildman–Crippen LogP) is 3.39. The average Bonchev–Trinajstić information content (AvgIpc) is 2.48. The molecule has 0 saturated heterocycles. The molecular weight excluding hydrogens is 266 g/mol. The molecule has 2 aromatic carbocycles. The zero-order valence-corrected chi connectivity index (χ0v) is 12.2. The summed E-state index contributed by atoms with van der Waals surface area (Å²) in [5.74, 6) is 0.518. The predicted molar refractivity (Wildman–Crippen MR) is 82.6 cm³/mol. The van der Waals surface area contributed by atoms with Crippen LogP contribution in [0.4, 0.5) is 5.69 Å². The zero-order chi connectivity index (χ0) is 15.2. The molecule has 0 aliphatic heterocycles. The summed E-state index contributed by atoms with van der Waals surface area (Å²) < 4.78 is 5.34. The Morgan fingerprint density at radius 1 is 1.19 bits per heavy atom. The van der Waals surface area contributed by atoms with Gasteiger partial charge in [0.1, 0.15) is 5.75 Å². The highest BCUT2D eigenvalue weighted by atomic mass is 16.5. The van der Waals surface area contributed by atoms with Gasteiger partial charge in [-0.25, -0.2) is 0 Å². The van der Waals surface area contributed by atoms with E-state index < -0.39 is 6.10 Å². The van der Waals surface area contributed by atoms with Gasteiger partial charge in [-0.05, 0) is 44.2 Å². The van der Waals surface area contributed by atoms with Crippen LogP contribution < -0.4 is 10.1 Å². The molecule has 0 fully saturated rings. The van der Waals surface area contributed by atoms with E-state index in [4.69, 9.17) is 4.74 Å². The summed E-state index contributed by atoms with van der Waals surface area (Å²) in [6, 6.07) is 14.2. The number of para-hydroxylation sites is 1. The standard InChI is InChI=1S/C17H19NO3/c1-3-21-14-10-8-13(9-11-14)17(20)18-16-7-5-4-6-15(16)12(2)19/h4-12,19H,3H2,1-2H3,(H,18,20). The lowest BCUT2D eigenvalue weighted by Crippen LogP contribution is -2.13. The van der Waals surface area contributed by atoms with E-state index in [-0.39, 0.29) is 5.91 Å². The minimum absolute atomic E-state index is 0.217. The van der Waals surface area contributed by atoms with E-state index >= 15 is 0 Å². The summed E-state index contributed by atoms with van der Waals surface area (Å²) in [7, 11) is 0. The largest absolute Gasteiger partial charge is 0.494 e. The van der Waals surface area contributed by atoms with Crippen LogP contribution in [0.1, 0.15) is 35.9 Å². The molecule has 0 radical (unpaired) electrons. The van der Waals surface area contributed by atoms with Crippen molar-refractivity contribution in [2.24, 2.45) is 0 Å². The van der Waals surface area contributed by atoms with Crippen LogP contribution in [0, 0.1) is 0 Å². The highest BCUT2D eigenvalue weighted by molar-refractivity contribution is 6.04. The lowest BCUT2D eigenvalue weighted by molar-refractivity contribution is 0.102. The Labute approximate surface area is 124 Å². The summed E-state index contributed by atoms with van der Waals surface area (Å²) in [6.07, 6.45) is -0.637. The number of ether oxygens (including phenoxy) is 1. The molecule has 0 aromatic heterocycles. The van der Waals surface area contributed by atoms with Crippen LogP contribution in [-0.4, -0.2) is 17.6 Å². The fraction of sp³-hybridized carbons (Fsp3) is 0.235. The molecule has 0 heterocycles. The molecule has 1 amide bonds. The molecular formula is C17H19NO3. The van der Waals surface area contributed by atoms with Crippen LogP contribution in [0.3, 0.4) is 0 Å². The number of amides is 1. The van der Waals surface area contributed by atoms with Crippen molar-refractivity contribution in [3.05, 3.63) is 59.7 Å². The second kappa shape index (κ2) is 6.90. The molecule has 110 valence electrons. The molecule has 2 N–H and O–H groups in total. The Balaban J connectivity index is 2.14. The number of hydrogen-bond donors (Lipinski definition) is 2. The first-order chi connectivity index (χ1) is 10.1. The van der Waals surface area contributed by atoms with Crippen LogP contribution in [0.2, 0.25) is 0 Å². The molecule has 2 aromatic rings. The Bertz CT molecular complexity index is 606. The topological polar surface area (TPSA) is 58.6 Å². The fourth-order valence-electron chi connectivity index (χ4n) is 2.04. The zero-order valence-electron chi connectivity index (χ0n) is 12.2. The molecule has 21 heavy (non-hydrogen) atoms. The van der Waals surface area contributed by atoms with E-state index in [0.717, 1.165) is 5.75 Å². The van der Waals surface area contributed by atoms with Crippen LogP contribution in [0.15, 0.2) is 48.5 Å². The Hall–Kier alpha value is -2.33. The molecule has 0 aliphatic carbocycles. The molecule has 0 bridgehead atoms. The van der Waals surface area contributed by atoms with Gasteiger partial charge in [0, 0.05) is 16.8 Å². The Morgan fingerprint density at radius 3 is 2.48 bits per heavy atom. The van der Waals surface area contributed by atoms with Gasteiger partial charge in [0.15, 0.2) is 0 Å². The van der Waals surface area contributed by atoms with Crippen molar-refractivity contribution in [1.29, 1.82) is 0 Å². The number of aliphatic hydroxyl groups is 1. The van der Waals surface area contributed by atoms with Gasteiger partial charge in [0.2, 0.25) is 0 Å². The molecule has 2 rings (SSSR count). The smallest absolute Gasteiger partial charge is 0.255 e. The maximum Gasteiger partial charge on any atom is 0.255 e. The third kappa shape index (κ3) is 3.83. The molecule has 0 spiro atoms. The number of hydrogen-bond acceptors (Lipinski definition) is 3. The second-order valence-corrected chi connectivity index (χ2v) is 4.67. The third-order valence-corrected chi connectivity index (χ3v) is 3.09. The number of carbonyl (C=O) groups excluding carboxylic acids is 1. The number of carbonyl (C=O) groups is 1. The number of benzene rings is 2. The minimum atomic E-state index is -0.637. The van der Waals surface area contributed by atoms with Gasteiger partial charge in [0.05, 0.1) is 12.7 Å². The van der Waals surface area contributed by atoms with Crippen molar-refractivity contribution in [2.75, 3.05) is 11.9 Å². The highest BCUT2D eigenvalue weighted by Gasteiger charge is 2.11. The summed E-state index contributed by atoms with van der Waals surface area (Å²) in [5.41, 5.74) is 1.85. The summed E-state index contributed by atoms with van der Waals surface area (Å²) in [4.78, 5) is 12.2. The molecule has 0 aliphatic rings. The lowest BCUT2D eigenvalue weighted by Gasteiger charge is -2.13. The normalized spacial score (nSPS) is 11.8. The number of aliphatic hydroxyl groups excluding tert-OH is 1. The molecule has 0 saturated carbocycles.